The molecule has 4 N–H and O–H groups in total. The highest BCUT2D eigenvalue weighted by molar-refractivity contribution is 5.91. The molecule has 2 aromatic carbocycles. The van der Waals surface area contributed by atoms with Crippen LogP contribution >= 0.6 is 12.4 Å². The molecule has 2 saturated carbocycles. The number of carbonyl (C=O) groups excluding carboxylic acids is 2. The Morgan fingerprint density at radius 2 is 1.66 bits per heavy atom. The normalized spacial score (nSPS) is 25.7. The highest BCUT2D eigenvalue weighted by atomic mass is 35.5. The van der Waals surface area contributed by atoms with Crippen molar-refractivity contribution in [3.05, 3.63) is 48.0 Å². The second-order valence-electron chi connectivity index (χ2n) is 8.37. The van der Waals surface area contributed by atoms with E-state index < -0.39 is 0 Å². The van der Waals surface area contributed by atoms with Crippen molar-refractivity contribution in [2.75, 3.05) is 6.54 Å². The van der Waals surface area contributed by atoms with E-state index >= 15 is 0 Å². The fourth-order valence-electron chi connectivity index (χ4n) is 5.12. The molecule has 2 atom stereocenters. The molecule has 0 heterocycles. The van der Waals surface area contributed by atoms with Crippen molar-refractivity contribution in [3.63, 3.8) is 0 Å². The lowest BCUT2D eigenvalue weighted by molar-refractivity contribution is -0.127. The minimum Gasteiger partial charge on any atom is -0.351 e. The smallest absolute Gasteiger partial charge is 0.239 e. The SMILES string of the molecule is Cl.NC1CC2CCCC(C1)C2NC(=O)CNC(=O)Cc1cccc2ccccc12. The zero-order chi connectivity index (χ0) is 19.5. The molecular weight excluding hydrogens is 386 g/mol. The second-order valence-corrected chi connectivity index (χ2v) is 8.37. The van der Waals surface area contributed by atoms with Crippen molar-refractivity contribution < 1.29 is 9.59 Å². The van der Waals surface area contributed by atoms with Gasteiger partial charge in [-0.1, -0.05) is 48.9 Å². The number of hydrogen-bond donors (Lipinski definition) is 3. The van der Waals surface area contributed by atoms with Crippen LogP contribution in [0.1, 0.15) is 37.7 Å². The summed E-state index contributed by atoms with van der Waals surface area (Å²) in [7, 11) is 0. The van der Waals surface area contributed by atoms with Crippen LogP contribution in [-0.2, 0) is 16.0 Å². The van der Waals surface area contributed by atoms with Crippen LogP contribution in [-0.4, -0.2) is 30.4 Å². The maximum absolute atomic E-state index is 12.4. The zero-order valence-electron chi connectivity index (χ0n) is 16.6. The Labute approximate surface area is 178 Å². The third-order valence-electron chi connectivity index (χ3n) is 6.38. The average Bonchev–Trinajstić information content (AvgIpc) is 2.67. The van der Waals surface area contributed by atoms with Gasteiger partial charge in [0.2, 0.25) is 11.8 Å². The van der Waals surface area contributed by atoms with Gasteiger partial charge in [-0.2, -0.15) is 0 Å². The topological polar surface area (TPSA) is 84.2 Å². The van der Waals surface area contributed by atoms with Gasteiger partial charge in [0.15, 0.2) is 0 Å². The van der Waals surface area contributed by atoms with E-state index in [0.29, 0.717) is 11.8 Å². The summed E-state index contributed by atoms with van der Waals surface area (Å²) in [5.41, 5.74) is 7.14. The summed E-state index contributed by atoms with van der Waals surface area (Å²) < 4.78 is 0. The fraction of sp³-hybridized carbons (Fsp3) is 0.478. The van der Waals surface area contributed by atoms with Gasteiger partial charge in [-0.25, -0.2) is 0 Å². The predicted octanol–water partition coefficient (Wildman–Crippen LogP) is 2.94. The summed E-state index contributed by atoms with van der Waals surface area (Å²) in [5, 5.41) is 8.16. The van der Waals surface area contributed by atoms with Gasteiger partial charge in [-0.3, -0.25) is 9.59 Å². The molecule has 5 nitrogen and oxygen atoms in total. The molecule has 0 spiro atoms. The Balaban J connectivity index is 0.00000240. The van der Waals surface area contributed by atoms with E-state index in [1.54, 1.807) is 0 Å². The van der Waals surface area contributed by atoms with Gasteiger partial charge in [0.25, 0.3) is 0 Å². The van der Waals surface area contributed by atoms with Crippen molar-refractivity contribution in [2.24, 2.45) is 17.6 Å². The third-order valence-corrected chi connectivity index (χ3v) is 6.38. The molecule has 4 rings (SSSR count). The lowest BCUT2D eigenvalue weighted by atomic mass is 9.67. The minimum absolute atomic E-state index is 0. The van der Waals surface area contributed by atoms with Gasteiger partial charge >= 0.3 is 0 Å². The van der Waals surface area contributed by atoms with Crippen LogP contribution in [0.3, 0.4) is 0 Å². The summed E-state index contributed by atoms with van der Waals surface area (Å²) >= 11 is 0. The molecule has 2 amide bonds. The number of carbonyl (C=O) groups is 2. The molecule has 2 fully saturated rings. The van der Waals surface area contributed by atoms with E-state index in [0.717, 1.165) is 42.0 Å². The molecule has 29 heavy (non-hydrogen) atoms. The Morgan fingerprint density at radius 3 is 2.41 bits per heavy atom. The molecular formula is C23H30ClN3O2. The number of rotatable bonds is 5. The van der Waals surface area contributed by atoms with E-state index in [9.17, 15) is 9.59 Å². The van der Waals surface area contributed by atoms with Crippen LogP contribution in [0, 0.1) is 11.8 Å². The van der Waals surface area contributed by atoms with Crippen LogP contribution in [0.25, 0.3) is 10.8 Å². The lowest BCUT2D eigenvalue weighted by Gasteiger charge is -2.45. The van der Waals surface area contributed by atoms with Crippen molar-refractivity contribution in [1.29, 1.82) is 0 Å². The summed E-state index contributed by atoms with van der Waals surface area (Å²) in [6, 6.07) is 14.5. The summed E-state index contributed by atoms with van der Waals surface area (Å²) in [6.45, 7) is 0.0333. The van der Waals surface area contributed by atoms with Crippen molar-refractivity contribution in [2.45, 2.75) is 50.6 Å². The lowest BCUT2D eigenvalue weighted by Crippen LogP contribution is -2.55. The van der Waals surface area contributed by atoms with Gasteiger partial charge in [0, 0.05) is 12.1 Å². The maximum atomic E-state index is 12.4. The van der Waals surface area contributed by atoms with Gasteiger partial charge < -0.3 is 16.4 Å². The summed E-state index contributed by atoms with van der Waals surface area (Å²) in [5.74, 6) is 0.747. The number of benzene rings is 2. The molecule has 0 aromatic heterocycles. The minimum atomic E-state index is -0.127. The Hall–Kier alpha value is -2.11. The van der Waals surface area contributed by atoms with Gasteiger partial charge in [-0.05, 0) is 53.9 Å². The van der Waals surface area contributed by atoms with Crippen molar-refractivity contribution in [1.82, 2.24) is 10.6 Å². The highest BCUT2D eigenvalue weighted by Crippen LogP contribution is 2.39. The first-order valence-electron chi connectivity index (χ1n) is 10.4. The Morgan fingerprint density at radius 1 is 0.966 bits per heavy atom. The number of hydrogen-bond acceptors (Lipinski definition) is 3. The molecule has 2 unspecified atom stereocenters. The molecule has 2 aliphatic rings. The molecule has 2 aromatic rings. The summed E-state index contributed by atoms with van der Waals surface area (Å²) in [6.07, 6.45) is 5.78. The first-order valence-corrected chi connectivity index (χ1v) is 10.4. The quantitative estimate of drug-likeness (QED) is 0.701. The van der Waals surface area contributed by atoms with Gasteiger partial charge in [0.05, 0.1) is 13.0 Å². The number of fused-ring (bicyclic) bond motifs is 3. The van der Waals surface area contributed by atoms with Crippen molar-refractivity contribution >= 4 is 35.0 Å². The van der Waals surface area contributed by atoms with Crippen LogP contribution in [0.15, 0.2) is 42.5 Å². The third kappa shape index (κ3) is 5.09. The first kappa shape index (κ1) is 21.6. The number of amides is 2. The Bertz CT molecular complexity index is 853. The van der Waals surface area contributed by atoms with Crippen molar-refractivity contribution in [3.8, 4) is 0 Å². The molecule has 2 bridgehead atoms. The number of nitrogens with one attached hydrogen (secondary N) is 2. The van der Waals surface area contributed by atoms with Gasteiger partial charge in [-0.15, -0.1) is 12.4 Å². The van der Waals surface area contributed by atoms with Crippen LogP contribution in [0.2, 0.25) is 0 Å². The highest BCUT2D eigenvalue weighted by Gasteiger charge is 2.39. The first-order chi connectivity index (χ1) is 13.6. The predicted molar refractivity (Wildman–Crippen MR) is 118 cm³/mol. The second kappa shape index (κ2) is 9.59. The average molecular weight is 416 g/mol. The molecule has 2 aliphatic carbocycles. The molecule has 6 heteroatoms. The Kier molecular flexibility index (Phi) is 7.14. The molecule has 0 saturated heterocycles. The fourth-order valence-corrected chi connectivity index (χ4v) is 5.12. The van der Waals surface area contributed by atoms with E-state index in [-0.39, 0.29) is 49.3 Å². The standard InChI is InChI=1S/C23H29N3O2.ClH/c24-19-11-17-8-4-9-18(12-19)23(17)26-22(28)14-25-21(27)13-16-7-3-6-15-5-1-2-10-20(15)16;/h1-3,5-7,10,17-19,23H,4,8-9,11-14,24H2,(H,25,27)(H,26,28);1H. The van der Waals surface area contributed by atoms with E-state index in [2.05, 4.69) is 10.6 Å². The van der Waals surface area contributed by atoms with E-state index in [4.69, 9.17) is 5.73 Å². The van der Waals surface area contributed by atoms with Crippen LogP contribution < -0.4 is 16.4 Å². The van der Waals surface area contributed by atoms with E-state index in [1.165, 1.54) is 6.42 Å². The maximum Gasteiger partial charge on any atom is 0.239 e. The molecule has 0 aliphatic heterocycles. The number of halogens is 1. The zero-order valence-corrected chi connectivity index (χ0v) is 17.4. The van der Waals surface area contributed by atoms with Gasteiger partial charge in [0.1, 0.15) is 0 Å². The van der Waals surface area contributed by atoms with Crippen LogP contribution in [0.5, 0.6) is 0 Å². The largest absolute Gasteiger partial charge is 0.351 e. The van der Waals surface area contributed by atoms with Crippen LogP contribution in [0.4, 0.5) is 0 Å². The van der Waals surface area contributed by atoms with E-state index in [1.807, 2.05) is 42.5 Å². The monoisotopic (exact) mass is 415 g/mol. The number of nitrogens with two attached hydrogens (primary N) is 1. The summed E-state index contributed by atoms with van der Waals surface area (Å²) in [4.78, 5) is 24.8. The molecule has 0 radical (unpaired) electrons. The molecule has 156 valence electrons.